The molecule has 0 saturated carbocycles. The van der Waals surface area contributed by atoms with Crippen molar-refractivity contribution in [3.05, 3.63) is 76.2 Å². The molecular formula is C28H31N5O6S. The topological polar surface area (TPSA) is 141 Å². The van der Waals surface area contributed by atoms with Crippen molar-refractivity contribution in [2.75, 3.05) is 30.4 Å². The van der Waals surface area contributed by atoms with Crippen LogP contribution in [0.4, 0.5) is 16.2 Å². The van der Waals surface area contributed by atoms with Crippen LogP contribution in [0.25, 0.3) is 0 Å². The zero-order chi connectivity index (χ0) is 28.8. The van der Waals surface area contributed by atoms with Gasteiger partial charge in [0.05, 0.1) is 36.5 Å². The lowest BCUT2D eigenvalue weighted by molar-refractivity contribution is -0.137. The molecule has 1 aliphatic rings. The number of aliphatic carboxylic acids is 1. The highest BCUT2D eigenvalue weighted by Crippen LogP contribution is 2.33. The summed E-state index contributed by atoms with van der Waals surface area (Å²) in [6.45, 7) is 4.76. The van der Waals surface area contributed by atoms with Crippen LogP contribution in [-0.2, 0) is 9.53 Å². The molecule has 4 rings (SSSR count). The van der Waals surface area contributed by atoms with E-state index in [1.807, 2.05) is 19.2 Å². The predicted octanol–water partition coefficient (Wildman–Crippen LogP) is 4.01. The van der Waals surface area contributed by atoms with Crippen molar-refractivity contribution >= 4 is 46.6 Å². The summed E-state index contributed by atoms with van der Waals surface area (Å²) in [5.74, 6) is -1.91. The number of hydrogen-bond donors (Lipinski definition) is 3. The summed E-state index contributed by atoms with van der Waals surface area (Å²) in [7, 11) is 1.35. The lowest BCUT2D eigenvalue weighted by Gasteiger charge is -2.45. The molecule has 3 aromatic rings. The summed E-state index contributed by atoms with van der Waals surface area (Å²) in [6.07, 6.45) is 2.34. The Morgan fingerprint density at radius 1 is 1.07 bits per heavy atom. The van der Waals surface area contributed by atoms with Gasteiger partial charge in [-0.3, -0.25) is 19.4 Å². The van der Waals surface area contributed by atoms with Gasteiger partial charge in [-0.1, -0.05) is 6.07 Å². The van der Waals surface area contributed by atoms with Gasteiger partial charge in [0.15, 0.2) is 0 Å². The number of carboxylic acid groups (broad SMARTS) is 1. The minimum absolute atomic E-state index is 0.122. The molecule has 3 heterocycles. The summed E-state index contributed by atoms with van der Waals surface area (Å²) in [4.78, 5) is 58.6. The molecule has 2 aromatic heterocycles. The van der Waals surface area contributed by atoms with Crippen LogP contribution >= 0.6 is 11.3 Å². The van der Waals surface area contributed by atoms with Gasteiger partial charge in [-0.25, -0.2) is 4.79 Å². The van der Waals surface area contributed by atoms with Gasteiger partial charge in [-0.15, -0.1) is 11.3 Å². The number of nitrogens with zero attached hydrogens (tertiary/aromatic N) is 3. The van der Waals surface area contributed by atoms with Crippen LogP contribution in [-0.4, -0.2) is 71.2 Å². The van der Waals surface area contributed by atoms with Crippen LogP contribution in [0.5, 0.6) is 0 Å². The molecule has 1 aliphatic heterocycles. The number of rotatable bonds is 8. The summed E-state index contributed by atoms with van der Waals surface area (Å²) >= 11 is 1.36. The lowest BCUT2D eigenvalue weighted by Crippen LogP contribution is -2.58. The zero-order valence-corrected chi connectivity index (χ0v) is 23.2. The summed E-state index contributed by atoms with van der Waals surface area (Å²) in [6, 6.07) is 10.8. The average molecular weight is 566 g/mol. The highest BCUT2D eigenvalue weighted by Gasteiger charge is 2.34. The van der Waals surface area contributed by atoms with Crippen molar-refractivity contribution in [3.8, 4) is 0 Å². The van der Waals surface area contributed by atoms with Crippen molar-refractivity contribution < 1.29 is 29.0 Å². The smallest absolute Gasteiger partial charge is 0.409 e. The van der Waals surface area contributed by atoms with Crippen LogP contribution < -0.4 is 15.5 Å². The van der Waals surface area contributed by atoms with Crippen LogP contribution in [0, 0.1) is 0 Å². The van der Waals surface area contributed by atoms with Gasteiger partial charge >= 0.3 is 12.1 Å². The Labute approximate surface area is 235 Å². The second-order valence-electron chi connectivity index (χ2n) is 9.54. The monoisotopic (exact) mass is 565 g/mol. The maximum absolute atomic E-state index is 13.3. The first-order valence-corrected chi connectivity index (χ1v) is 13.6. The number of carboxylic acids is 1. The molecule has 40 heavy (non-hydrogen) atoms. The molecular weight excluding hydrogens is 534 g/mol. The molecule has 11 nitrogen and oxygen atoms in total. The standard InChI is InChI=1S/C28H31N5O6S/c1-17-16-33(28(38)39-3)18(2)15-32(17)23-9-8-19(12-21(23)30-27(37)20-6-4-10-29-14-20)26(36)31-22(13-25(34)35)24-7-5-11-40-24/h4-12,14,17-18,22H,13,15-16H2,1-3H3,(H,30,37)(H,31,36)(H,34,35). The van der Waals surface area contributed by atoms with E-state index in [2.05, 4.69) is 20.5 Å². The highest BCUT2D eigenvalue weighted by atomic mass is 32.1. The fourth-order valence-corrected chi connectivity index (χ4v) is 5.46. The normalized spacial score (nSPS) is 17.6. The highest BCUT2D eigenvalue weighted by molar-refractivity contribution is 7.10. The largest absolute Gasteiger partial charge is 0.481 e. The number of benzene rings is 1. The minimum Gasteiger partial charge on any atom is -0.481 e. The number of amides is 3. The molecule has 12 heteroatoms. The number of piperazine rings is 1. The van der Waals surface area contributed by atoms with E-state index in [-0.39, 0.29) is 24.1 Å². The van der Waals surface area contributed by atoms with Gasteiger partial charge in [-0.05, 0) is 55.6 Å². The van der Waals surface area contributed by atoms with E-state index in [9.17, 15) is 24.3 Å². The number of methoxy groups -OCH3 is 1. The number of pyridine rings is 1. The molecule has 210 valence electrons. The predicted molar refractivity (Wildman–Crippen MR) is 151 cm³/mol. The van der Waals surface area contributed by atoms with Crippen molar-refractivity contribution in [1.82, 2.24) is 15.2 Å². The maximum Gasteiger partial charge on any atom is 0.409 e. The molecule has 3 atom stereocenters. The van der Waals surface area contributed by atoms with Crippen molar-refractivity contribution in [3.63, 3.8) is 0 Å². The Bertz CT molecular complexity index is 1370. The Kier molecular flexibility index (Phi) is 9.00. The first-order valence-electron chi connectivity index (χ1n) is 12.7. The van der Waals surface area contributed by atoms with Gasteiger partial charge in [0.2, 0.25) is 0 Å². The number of thiophene rings is 1. The van der Waals surface area contributed by atoms with Gasteiger partial charge in [0.25, 0.3) is 11.8 Å². The molecule has 0 aliphatic carbocycles. The Hall–Kier alpha value is -4.45. The van der Waals surface area contributed by atoms with Crippen molar-refractivity contribution in [1.29, 1.82) is 0 Å². The van der Waals surface area contributed by atoms with Gasteiger partial charge < -0.3 is 30.3 Å². The van der Waals surface area contributed by atoms with Crippen LogP contribution in [0.3, 0.4) is 0 Å². The molecule has 1 aromatic carbocycles. The van der Waals surface area contributed by atoms with E-state index in [0.29, 0.717) is 30.0 Å². The number of aromatic nitrogens is 1. The number of nitrogens with one attached hydrogen (secondary N) is 2. The SMILES string of the molecule is COC(=O)N1CC(C)N(c2ccc(C(=O)NC(CC(=O)O)c3cccs3)cc2NC(=O)c2cccnc2)CC1C. The summed E-state index contributed by atoms with van der Waals surface area (Å²) in [5.41, 5.74) is 1.68. The van der Waals surface area contributed by atoms with E-state index >= 15 is 0 Å². The summed E-state index contributed by atoms with van der Waals surface area (Å²) in [5, 5.41) is 16.9. The average Bonchev–Trinajstić information content (AvgIpc) is 3.49. The van der Waals surface area contributed by atoms with E-state index in [4.69, 9.17) is 4.74 Å². The molecule has 0 bridgehead atoms. The van der Waals surface area contributed by atoms with Gasteiger partial charge in [-0.2, -0.15) is 0 Å². The number of hydrogen-bond acceptors (Lipinski definition) is 8. The number of ether oxygens (including phenoxy) is 1. The van der Waals surface area contributed by atoms with Crippen LogP contribution in [0.15, 0.2) is 60.2 Å². The fraction of sp³-hybridized carbons (Fsp3) is 0.321. The lowest BCUT2D eigenvalue weighted by atomic mass is 10.0. The summed E-state index contributed by atoms with van der Waals surface area (Å²) < 4.78 is 4.92. The molecule has 0 spiro atoms. The Morgan fingerprint density at radius 2 is 1.88 bits per heavy atom. The fourth-order valence-electron chi connectivity index (χ4n) is 4.68. The van der Waals surface area contributed by atoms with E-state index in [0.717, 1.165) is 4.88 Å². The van der Waals surface area contributed by atoms with E-state index in [1.54, 1.807) is 53.6 Å². The molecule has 1 saturated heterocycles. The van der Waals surface area contributed by atoms with E-state index < -0.39 is 29.9 Å². The quantitative estimate of drug-likeness (QED) is 0.372. The first kappa shape index (κ1) is 28.6. The molecule has 0 radical (unpaired) electrons. The Morgan fingerprint density at radius 3 is 2.52 bits per heavy atom. The molecule has 3 N–H and O–H groups in total. The number of carbonyl (C=O) groups excluding carboxylic acids is 3. The second kappa shape index (κ2) is 12.6. The zero-order valence-electron chi connectivity index (χ0n) is 22.4. The van der Waals surface area contributed by atoms with Gasteiger partial charge in [0, 0.05) is 48.0 Å². The number of carbonyl (C=O) groups is 4. The molecule has 3 amide bonds. The van der Waals surface area contributed by atoms with Gasteiger partial charge in [0.1, 0.15) is 0 Å². The van der Waals surface area contributed by atoms with Crippen LogP contribution in [0.2, 0.25) is 0 Å². The minimum atomic E-state index is -1.03. The van der Waals surface area contributed by atoms with E-state index in [1.165, 1.54) is 24.6 Å². The third kappa shape index (κ3) is 6.57. The first-order chi connectivity index (χ1) is 19.2. The number of anilines is 2. The van der Waals surface area contributed by atoms with Crippen LogP contribution in [0.1, 0.15) is 51.9 Å². The Balaban J connectivity index is 1.65. The molecule has 1 fully saturated rings. The third-order valence-corrected chi connectivity index (χ3v) is 7.69. The third-order valence-electron chi connectivity index (χ3n) is 6.71. The van der Waals surface area contributed by atoms with Crippen molar-refractivity contribution in [2.24, 2.45) is 0 Å². The maximum atomic E-state index is 13.3. The van der Waals surface area contributed by atoms with Crippen molar-refractivity contribution in [2.45, 2.75) is 38.4 Å². The second-order valence-corrected chi connectivity index (χ2v) is 10.5. The molecule has 3 unspecified atom stereocenters.